The van der Waals surface area contributed by atoms with Gasteiger partial charge in [0, 0.05) is 35.4 Å². The van der Waals surface area contributed by atoms with Crippen molar-refractivity contribution in [2.45, 2.75) is 25.7 Å². The maximum absolute atomic E-state index is 13.4. The van der Waals surface area contributed by atoms with Crippen molar-refractivity contribution in [3.8, 4) is 5.69 Å². The molecule has 0 spiro atoms. The highest BCUT2D eigenvalue weighted by Gasteiger charge is 2.24. The number of hydrogen-bond donors (Lipinski definition) is 1. The van der Waals surface area contributed by atoms with Crippen molar-refractivity contribution in [2.75, 3.05) is 32.7 Å². The van der Waals surface area contributed by atoms with Crippen LogP contribution in [0, 0.1) is 5.82 Å². The minimum absolute atomic E-state index is 0.219. The van der Waals surface area contributed by atoms with Gasteiger partial charge in [-0.1, -0.05) is 24.6 Å². The number of piperidine rings is 1. The van der Waals surface area contributed by atoms with Gasteiger partial charge in [0.25, 0.3) is 0 Å². The summed E-state index contributed by atoms with van der Waals surface area (Å²) in [5.41, 5.74) is 3.43. The first-order valence-corrected chi connectivity index (χ1v) is 10.5. The van der Waals surface area contributed by atoms with Gasteiger partial charge in [-0.2, -0.15) is 0 Å². The van der Waals surface area contributed by atoms with E-state index in [-0.39, 0.29) is 5.82 Å². The topological polar surface area (TPSA) is 20.2 Å². The van der Waals surface area contributed by atoms with Crippen molar-refractivity contribution in [3.63, 3.8) is 0 Å². The van der Waals surface area contributed by atoms with Crippen LogP contribution in [0.1, 0.15) is 31.2 Å². The van der Waals surface area contributed by atoms with Crippen molar-refractivity contribution >= 4 is 22.5 Å². The SMILES string of the molecule is CCNCCN1CCC(c2cn(-c3ccc(F)cc3)c3cc(Cl)ccc23)CC1. The zero-order valence-corrected chi connectivity index (χ0v) is 17.1. The summed E-state index contributed by atoms with van der Waals surface area (Å²) in [4.78, 5) is 2.55. The van der Waals surface area contributed by atoms with Crippen molar-refractivity contribution in [2.24, 2.45) is 0 Å². The molecule has 5 heteroatoms. The molecule has 0 bridgehead atoms. The van der Waals surface area contributed by atoms with Crippen LogP contribution >= 0.6 is 11.6 Å². The first kappa shape index (κ1) is 19.4. The molecule has 0 saturated carbocycles. The molecule has 1 aliphatic heterocycles. The molecule has 0 radical (unpaired) electrons. The van der Waals surface area contributed by atoms with E-state index >= 15 is 0 Å². The lowest BCUT2D eigenvalue weighted by Crippen LogP contribution is -2.37. The quantitative estimate of drug-likeness (QED) is 0.574. The Balaban J connectivity index is 1.61. The highest BCUT2D eigenvalue weighted by molar-refractivity contribution is 6.31. The molecular formula is C23H27ClFN3. The molecule has 1 N–H and O–H groups in total. The molecule has 1 aliphatic rings. The molecule has 1 fully saturated rings. The molecule has 0 aliphatic carbocycles. The summed E-state index contributed by atoms with van der Waals surface area (Å²) >= 11 is 6.29. The molecule has 0 amide bonds. The Labute approximate surface area is 171 Å². The predicted octanol–water partition coefficient (Wildman–Crippen LogP) is 5.21. The highest BCUT2D eigenvalue weighted by Crippen LogP contribution is 2.36. The molecule has 148 valence electrons. The molecule has 1 aromatic heterocycles. The minimum Gasteiger partial charge on any atom is -0.316 e. The summed E-state index contributed by atoms with van der Waals surface area (Å²) < 4.78 is 15.5. The molecular weight excluding hydrogens is 373 g/mol. The van der Waals surface area contributed by atoms with Crippen LogP contribution in [0.4, 0.5) is 4.39 Å². The average Bonchev–Trinajstić information content (AvgIpc) is 3.08. The van der Waals surface area contributed by atoms with E-state index in [2.05, 4.69) is 34.0 Å². The van der Waals surface area contributed by atoms with E-state index in [9.17, 15) is 4.39 Å². The maximum Gasteiger partial charge on any atom is 0.123 e. The Hall–Kier alpha value is -1.88. The molecule has 28 heavy (non-hydrogen) atoms. The maximum atomic E-state index is 13.4. The van der Waals surface area contributed by atoms with E-state index in [1.165, 1.54) is 23.1 Å². The molecule has 2 aromatic carbocycles. The minimum atomic E-state index is -0.219. The third-order valence-electron chi connectivity index (χ3n) is 5.79. The van der Waals surface area contributed by atoms with E-state index in [0.717, 1.165) is 61.8 Å². The monoisotopic (exact) mass is 399 g/mol. The van der Waals surface area contributed by atoms with E-state index in [1.807, 2.05) is 24.3 Å². The largest absolute Gasteiger partial charge is 0.316 e. The van der Waals surface area contributed by atoms with Gasteiger partial charge >= 0.3 is 0 Å². The summed E-state index contributed by atoms with van der Waals surface area (Å²) in [6.07, 6.45) is 4.56. The first-order chi connectivity index (χ1) is 13.7. The lowest BCUT2D eigenvalue weighted by molar-refractivity contribution is 0.213. The van der Waals surface area contributed by atoms with Gasteiger partial charge in [-0.15, -0.1) is 0 Å². The summed E-state index contributed by atoms with van der Waals surface area (Å²) in [5.74, 6) is 0.323. The molecule has 4 rings (SSSR count). The third kappa shape index (κ3) is 4.09. The van der Waals surface area contributed by atoms with Gasteiger partial charge in [0.1, 0.15) is 5.82 Å². The lowest BCUT2D eigenvalue weighted by Gasteiger charge is -2.32. The van der Waals surface area contributed by atoms with Gasteiger partial charge in [-0.25, -0.2) is 4.39 Å². The van der Waals surface area contributed by atoms with Crippen LogP contribution in [-0.4, -0.2) is 42.2 Å². The Morgan fingerprint density at radius 2 is 1.86 bits per heavy atom. The Morgan fingerprint density at radius 1 is 1.11 bits per heavy atom. The number of likely N-dealkylation sites (N-methyl/N-ethyl adjacent to an activating group) is 1. The number of fused-ring (bicyclic) bond motifs is 1. The van der Waals surface area contributed by atoms with Crippen molar-refractivity contribution in [1.29, 1.82) is 0 Å². The number of hydrogen-bond acceptors (Lipinski definition) is 2. The Morgan fingerprint density at radius 3 is 2.57 bits per heavy atom. The van der Waals surface area contributed by atoms with E-state index in [0.29, 0.717) is 5.92 Å². The summed E-state index contributed by atoms with van der Waals surface area (Å²) in [6, 6.07) is 12.8. The Bertz CT molecular complexity index is 927. The summed E-state index contributed by atoms with van der Waals surface area (Å²) in [5, 5.41) is 5.38. The third-order valence-corrected chi connectivity index (χ3v) is 6.02. The molecule has 3 nitrogen and oxygen atoms in total. The van der Waals surface area contributed by atoms with E-state index in [1.54, 1.807) is 0 Å². The fourth-order valence-corrected chi connectivity index (χ4v) is 4.41. The van der Waals surface area contributed by atoms with E-state index in [4.69, 9.17) is 11.6 Å². The number of nitrogens with zero attached hydrogens (tertiary/aromatic N) is 2. The molecule has 1 saturated heterocycles. The van der Waals surface area contributed by atoms with Crippen LogP contribution in [0.15, 0.2) is 48.7 Å². The Kier molecular flexibility index (Phi) is 6.00. The van der Waals surface area contributed by atoms with Crippen molar-refractivity contribution in [3.05, 3.63) is 65.1 Å². The number of aromatic nitrogens is 1. The van der Waals surface area contributed by atoms with E-state index < -0.39 is 0 Å². The molecule has 2 heterocycles. The average molecular weight is 400 g/mol. The van der Waals surface area contributed by atoms with Crippen LogP contribution in [-0.2, 0) is 0 Å². The zero-order chi connectivity index (χ0) is 19.5. The van der Waals surface area contributed by atoms with Gasteiger partial charge < -0.3 is 14.8 Å². The van der Waals surface area contributed by atoms with Crippen LogP contribution in [0.5, 0.6) is 0 Å². The first-order valence-electron chi connectivity index (χ1n) is 10.1. The fourth-order valence-electron chi connectivity index (χ4n) is 4.25. The van der Waals surface area contributed by atoms with Gasteiger partial charge in [-0.05, 0) is 80.4 Å². The molecule has 3 aromatic rings. The second kappa shape index (κ2) is 8.64. The zero-order valence-electron chi connectivity index (χ0n) is 16.3. The summed E-state index contributed by atoms with van der Waals surface area (Å²) in [6.45, 7) is 7.62. The number of rotatable bonds is 6. The number of benzene rings is 2. The molecule has 0 atom stereocenters. The van der Waals surface area contributed by atoms with Crippen LogP contribution < -0.4 is 5.32 Å². The van der Waals surface area contributed by atoms with Gasteiger partial charge in [0.15, 0.2) is 0 Å². The highest BCUT2D eigenvalue weighted by atomic mass is 35.5. The second-order valence-corrected chi connectivity index (χ2v) is 8.00. The van der Waals surface area contributed by atoms with Crippen LogP contribution in [0.3, 0.4) is 0 Å². The number of halogens is 2. The number of nitrogens with one attached hydrogen (secondary N) is 1. The van der Waals surface area contributed by atoms with Crippen LogP contribution in [0.2, 0.25) is 5.02 Å². The normalized spacial score (nSPS) is 16.1. The standard InChI is InChI=1S/C23H27ClFN3/c1-2-26-11-14-27-12-9-17(10-13-27)22-16-28(20-6-4-19(25)5-7-20)23-15-18(24)3-8-21(22)23/h3-8,15-17,26H,2,9-14H2,1H3. The predicted molar refractivity (Wildman–Crippen MR) is 115 cm³/mol. The molecule has 0 unspecified atom stereocenters. The number of likely N-dealkylation sites (tertiary alicyclic amines) is 1. The van der Waals surface area contributed by atoms with Crippen molar-refractivity contribution in [1.82, 2.24) is 14.8 Å². The lowest BCUT2D eigenvalue weighted by atomic mass is 9.89. The second-order valence-electron chi connectivity index (χ2n) is 7.56. The van der Waals surface area contributed by atoms with Gasteiger partial charge in [0.2, 0.25) is 0 Å². The van der Waals surface area contributed by atoms with Gasteiger partial charge in [0.05, 0.1) is 5.52 Å². The fraction of sp³-hybridized carbons (Fsp3) is 0.391. The van der Waals surface area contributed by atoms with Gasteiger partial charge in [-0.3, -0.25) is 0 Å². The smallest absolute Gasteiger partial charge is 0.123 e. The van der Waals surface area contributed by atoms with Crippen molar-refractivity contribution < 1.29 is 4.39 Å². The van der Waals surface area contributed by atoms with Crippen LogP contribution in [0.25, 0.3) is 16.6 Å². The summed E-state index contributed by atoms with van der Waals surface area (Å²) in [7, 11) is 0.